The minimum Gasteiger partial charge on any atom is -0.360 e. The minimum absolute atomic E-state index is 0.0458. The van der Waals surface area contributed by atoms with Gasteiger partial charge in [-0.15, -0.1) is 11.3 Å². The third kappa shape index (κ3) is 4.42. The van der Waals surface area contributed by atoms with Crippen molar-refractivity contribution in [2.75, 3.05) is 24.5 Å². The van der Waals surface area contributed by atoms with E-state index in [0.717, 1.165) is 23.5 Å². The van der Waals surface area contributed by atoms with Crippen LogP contribution in [-0.2, 0) is 16.1 Å². The zero-order valence-corrected chi connectivity index (χ0v) is 13.9. The van der Waals surface area contributed by atoms with Crippen molar-refractivity contribution < 1.29 is 9.59 Å². The van der Waals surface area contributed by atoms with Crippen molar-refractivity contribution in [1.82, 2.24) is 15.6 Å². The maximum absolute atomic E-state index is 11.8. The summed E-state index contributed by atoms with van der Waals surface area (Å²) < 4.78 is 0. The summed E-state index contributed by atoms with van der Waals surface area (Å²) in [5.41, 5.74) is 4.54. The summed E-state index contributed by atoms with van der Waals surface area (Å²) in [5.74, 6) is -0.107. The molecule has 2 amide bonds. The monoisotopic (exact) mass is 342 g/mol. The van der Waals surface area contributed by atoms with Crippen molar-refractivity contribution in [3.05, 3.63) is 52.5 Å². The summed E-state index contributed by atoms with van der Waals surface area (Å²) in [5, 5.41) is 7.53. The van der Waals surface area contributed by atoms with E-state index in [2.05, 4.69) is 15.6 Å². The molecule has 0 saturated carbocycles. The highest BCUT2D eigenvalue weighted by Crippen LogP contribution is 2.16. The van der Waals surface area contributed by atoms with Crippen LogP contribution in [0.4, 0.5) is 5.69 Å². The number of thiazole rings is 1. The van der Waals surface area contributed by atoms with Crippen LogP contribution in [0.25, 0.3) is 6.08 Å². The molecule has 0 unspecified atom stereocenters. The van der Waals surface area contributed by atoms with Gasteiger partial charge in [-0.1, -0.05) is 12.1 Å². The molecule has 2 aromatic rings. The largest absolute Gasteiger partial charge is 0.360 e. The van der Waals surface area contributed by atoms with Crippen LogP contribution < -0.4 is 15.5 Å². The number of rotatable bonds is 5. The second kappa shape index (κ2) is 7.74. The molecule has 0 spiro atoms. The first kappa shape index (κ1) is 16.2. The molecule has 3 rings (SSSR count). The molecule has 0 bridgehead atoms. The molecule has 1 aromatic carbocycles. The van der Waals surface area contributed by atoms with Gasteiger partial charge in [0.1, 0.15) is 0 Å². The van der Waals surface area contributed by atoms with Crippen LogP contribution in [0, 0.1) is 0 Å². The molecule has 24 heavy (non-hydrogen) atoms. The lowest BCUT2D eigenvalue weighted by Crippen LogP contribution is -2.47. The zero-order chi connectivity index (χ0) is 16.8. The molecule has 1 fully saturated rings. The number of carbonyl (C=O) groups excluding carboxylic acids is 2. The highest BCUT2D eigenvalue weighted by Gasteiger charge is 2.16. The molecule has 6 nitrogen and oxygen atoms in total. The van der Waals surface area contributed by atoms with Crippen LogP contribution in [0.2, 0.25) is 0 Å². The van der Waals surface area contributed by atoms with Gasteiger partial charge in [0, 0.05) is 36.8 Å². The molecule has 2 N–H and O–H groups in total. The van der Waals surface area contributed by atoms with Crippen LogP contribution in [0.3, 0.4) is 0 Å². The first-order chi connectivity index (χ1) is 11.7. The molecule has 1 aromatic heterocycles. The Hall–Kier alpha value is -2.67. The van der Waals surface area contributed by atoms with Gasteiger partial charge in [0.2, 0.25) is 11.8 Å². The Morgan fingerprint density at radius 3 is 2.92 bits per heavy atom. The van der Waals surface area contributed by atoms with Gasteiger partial charge in [-0.25, -0.2) is 4.98 Å². The van der Waals surface area contributed by atoms with Crippen LogP contribution in [-0.4, -0.2) is 36.4 Å². The average molecular weight is 342 g/mol. The highest BCUT2D eigenvalue weighted by atomic mass is 32.1. The quantitative estimate of drug-likeness (QED) is 0.806. The van der Waals surface area contributed by atoms with Crippen molar-refractivity contribution in [2.45, 2.75) is 6.54 Å². The fourth-order valence-corrected chi connectivity index (χ4v) is 2.92. The molecular weight excluding hydrogens is 324 g/mol. The summed E-state index contributed by atoms with van der Waals surface area (Å²) in [6.07, 6.45) is 3.17. The normalized spacial score (nSPS) is 14.7. The molecular formula is C17H18N4O2S. The number of anilines is 1. The lowest BCUT2D eigenvalue weighted by Gasteiger charge is -2.28. The van der Waals surface area contributed by atoms with Crippen LogP contribution in [0.15, 0.2) is 41.2 Å². The van der Waals surface area contributed by atoms with Gasteiger partial charge in [-0.2, -0.15) is 0 Å². The summed E-state index contributed by atoms with van der Waals surface area (Å²) in [6.45, 7) is 2.32. The van der Waals surface area contributed by atoms with Crippen molar-refractivity contribution >= 4 is 34.9 Å². The molecule has 2 heterocycles. The third-order valence-electron chi connectivity index (χ3n) is 3.66. The number of hydrogen-bond donors (Lipinski definition) is 2. The fraction of sp³-hybridized carbons (Fsp3) is 0.235. The van der Waals surface area contributed by atoms with E-state index in [1.807, 2.05) is 34.5 Å². The second-order valence-electron chi connectivity index (χ2n) is 5.40. The summed E-state index contributed by atoms with van der Waals surface area (Å²) in [7, 11) is 0. The molecule has 7 heteroatoms. The molecule has 1 saturated heterocycles. The standard InChI is InChI=1S/C17H18N4O2S/c22-16(6-3-14-11-24-12-20-14)19-9-13-1-4-15(5-2-13)21-8-7-18-17(23)10-21/h1-6,11-12H,7-10H2,(H,18,23)(H,19,22). The van der Waals surface area contributed by atoms with Gasteiger partial charge in [0.05, 0.1) is 17.7 Å². The van der Waals surface area contributed by atoms with Crippen molar-refractivity contribution in [2.24, 2.45) is 0 Å². The number of nitrogens with zero attached hydrogens (tertiary/aromatic N) is 2. The van der Waals surface area contributed by atoms with E-state index in [4.69, 9.17) is 0 Å². The Labute approximate surface area is 144 Å². The second-order valence-corrected chi connectivity index (χ2v) is 6.12. The van der Waals surface area contributed by atoms with E-state index < -0.39 is 0 Å². The molecule has 0 atom stereocenters. The Kier molecular flexibility index (Phi) is 5.22. The smallest absolute Gasteiger partial charge is 0.244 e. The molecule has 1 aliphatic heterocycles. The van der Waals surface area contributed by atoms with Crippen LogP contribution in [0.1, 0.15) is 11.3 Å². The molecule has 1 aliphatic rings. The fourth-order valence-electron chi connectivity index (χ4n) is 2.40. The van der Waals surface area contributed by atoms with Crippen molar-refractivity contribution in [3.63, 3.8) is 0 Å². The van der Waals surface area contributed by atoms with E-state index in [1.165, 1.54) is 17.4 Å². The average Bonchev–Trinajstić information content (AvgIpc) is 3.12. The Balaban J connectivity index is 1.51. The number of hydrogen-bond acceptors (Lipinski definition) is 5. The first-order valence-corrected chi connectivity index (χ1v) is 8.60. The number of amides is 2. The van der Waals surface area contributed by atoms with Crippen LogP contribution in [0.5, 0.6) is 0 Å². The van der Waals surface area contributed by atoms with E-state index in [1.54, 1.807) is 11.6 Å². The summed E-state index contributed by atoms with van der Waals surface area (Å²) in [4.78, 5) is 29.3. The van der Waals surface area contributed by atoms with E-state index in [9.17, 15) is 9.59 Å². The third-order valence-corrected chi connectivity index (χ3v) is 4.27. The predicted molar refractivity (Wildman–Crippen MR) is 94.7 cm³/mol. The Bertz CT molecular complexity index is 726. The lowest BCUT2D eigenvalue weighted by molar-refractivity contribution is -0.120. The number of piperazine rings is 1. The maximum atomic E-state index is 11.8. The number of benzene rings is 1. The van der Waals surface area contributed by atoms with Gasteiger partial charge in [-0.3, -0.25) is 9.59 Å². The lowest BCUT2D eigenvalue weighted by atomic mass is 10.2. The molecule has 0 aliphatic carbocycles. The maximum Gasteiger partial charge on any atom is 0.244 e. The first-order valence-electron chi connectivity index (χ1n) is 7.65. The van der Waals surface area contributed by atoms with E-state index in [0.29, 0.717) is 19.6 Å². The van der Waals surface area contributed by atoms with E-state index >= 15 is 0 Å². The topological polar surface area (TPSA) is 74.3 Å². The predicted octanol–water partition coefficient (Wildman–Crippen LogP) is 1.41. The highest BCUT2D eigenvalue weighted by molar-refractivity contribution is 7.07. The van der Waals surface area contributed by atoms with Gasteiger partial charge < -0.3 is 15.5 Å². The number of aromatic nitrogens is 1. The Morgan fingerprint density at radius 2 is 2.21 bits per heavy atom. The molecule has 0 radical (unpaired) electrons. The van der Waals surface area contributed by atoms with Crippen molar-refractivity contribution in [1.29, 1.82) is 0 Å². The van der Waals surface area contributed by atoms with Gasteiger partial charge in [0.15, 0.2) is 0 Å². The summed E-state index contributed by atoms with van der Waals surface area (Å²) in [6, 6.07) is 7.88. The zero-order valence-electron chi connectivity index (χ0n) is 13.1. The van der Waals surface area contributed by atoms with E-state index in [-0.39, 0.29) is 11.8 Å². The van der Waals surface area contributed by atoms with Crippen LogP contribution >= 0.6 is 11.3 Å². The number of nitrogens with one attached hydrogen (secondary N) is 2. The Morgan fingerprint density at radius 1 is 1.38 bits per heavy atom. The van der Waals surface area contributed by atoms with Gasteiger partial charge >= 0.3 is 0 Å². The molecule has 124 valence electrons. The summed E-state index contributed by atoms with van der Waals surface area (Å²) >= 11 is 1.49. The van der Waals surface area contributed by atoms with Gasteiger partial charge in [0.25, 0.3) is 0 Å². The SMILES string of the molecule is O=C(C=Cc1cscn1)NCc1ccc(N2CCNC(=O)C2)cc1. The minimum atomic E-state index is -0.153. The number of carbonyl (C=O) groups is 2. The van der Waals surface area contributed by atoms with Gasteiger partial charge in [-0.05, 0) is 23.8 Å². The van der Waals surface area contributed by atoms with Crippen molar-refractivity contribution in [3.8, 4) is 0 Å².